The monoisotopic (exact) mass is 726 g/mol. The molecule has 0 spiro atoms. The molecule has 3 amide bonds. The zero-order valence-electron chi connectivity index (χ0n) is 30.6. The van der Waals surface area contributed by atoms with E-state index >= 15 is 0 Å². The Bertz CT molecular complexity index is 1580. The summed E-state index contributed by atoms with van der Waals surface area (Å²) >= 11 is 0. The number of carboxylic acids is 1. The lowest BCUT2D eigenvalue weighted by atomic mass is 9.81. The van der Waals surface area contributed by atoms with E-state index in [0.29, 0.717) is 17.9 Å². The number of hydroxylamine groups is 2. The normalized spacial score (nSPS) is 19.1. The van der Waals surface area contributed by atoms with Gasteiger partial charge in [-0.15, -0.1) is 0 Å². The van der Waals surface area contributed by atoms with E-state index in [-0.39, 0.29) is 17.5 Å². The summed E-state index contributed by atoms with van der Waals surface area (Å²) in [7, 11) is 2.48. The smallest absolute Gasteiger partial charge is 0.329 e. The molecule has 15 heteroatoms. The number of nitrogens with zero attached hydrogens (tertiary/aromatic N) is 3. The van der Waals surface area contributed by atoms with Crippen LogP contribution in [-0.4, -0.2) is 112 Å². The molecular weight excluding hydrogens is 676 g/mol. The van der Waals surface area contributed by atoms with E-state index in [9.17, 15) is 34.6 Å². The molecule has 4 unspecified atom stereocenters. The zero-order valence-corrected chi connectivity index (χ0v) is 30.6. The van der Waals surface area contributed by atoms with Crippen molar-refractivity contribution in [3.8, 4) is 0 Å². The van der Waals surface area contributed by atoms with E-state index in [1.165, 1.54) is 33.2 Å². The molecule has 0 aromatic carbocycles. The van der Waals surface area contributed by atoms with Gasteiger partial charge in [-0.2, -0.15) is 5.06 Å². The third-order valence-corrected chi connectivity index (χ3v) is 8.09. The maximum Gasteiger partial charge on any atom is 0.329 e. The number of ether oxygens (including phenoxy) is 3. The van der Waals surface area contributed by atoms with Crippen LogP contribution in [0.4, 0.5) is 0 Å². The average Bonchev–Trinajstić information content (AvgIpc) is 3.78. The molecule has 1 aliphatic heterocycles. The highest BCUT2D eigenvalue weighted by Crippen LogP contribution is 2.27. The molecule has 284 valence electrons. The first-order valence-corrected chi connectivity index (χ1v) is 16.4. The number of aliphatic hydroxyl groups excluding tert-OH is 1. The SMILES string of the molecule is COC(C)C(C(=O)O)N(C)C(=O)C1(N(O)C(=O)C=CC=CC=CC=CCNC(=O)C(C)(C)C(O)C(C)=CC=CC=CCc2cnc(C)o2)COCO1. The highest BCUT2D eigenvalue weighted by Gasteiger charge is 2.54. The number of methoxy groups -OCH3 is 1. The van der Waals surface area contributed by atoms with Crippen LogP contribution < -0.4 is 5.32 Å². The highest BCUT2D eigenvalue weighted by atomic mass is 16.8. The van der Waals surface area contributed by atoms with Crippen molar-refractivity contribution < 1.29 is 53.2 Å². The summed E-state index contributed by atoms with van der Waals surface area (Å²) in [5, 5.41) is 34.0. The van der Waals surface area contributed by atoms with Gasteiger partial charge in [0.25, 0.3) is 17.5 Å². The van der Waals surface area contributed by atoms with Crippen LogP contribution >= 0.6 is 0 Å². The number of aliphatic carboxylic acids is 1. The lowest BCUT2D eigenvalue weighted by molar-refractivity contribution is -0.246. The maximum atomic E-state index is 13.3. The van der Waals surface area contributed by atoms with Gasteiger partial charge >= 0.3 is 5.97 Å². The van der Waals surface area contributed by atoms with Crippen molar-refractivity contribution in [3.05, 3.63) is 102 Å². The van der Waals surface area contributed by atoms with Gasteiger partial charge in [-0.1, -0.05) is 72.9 Å². The summed E-state index contributed by atoms with van der Waals surface area (Å²) in [5.41, 5.74) is -2.75. The van der Waals surface area contributed by atoms with Crippen LogP contribution in [0.3, 0.4) is 0 Å². The number of carboxylic acid groups (broad SMARTS) is 1. The molecule has 2 rings (SSSR count). The quantitative estimate of drug-likeness (QED) is 0.0704. The number of oxazole rings is 1. The fourth-order valence-electron chi connectivity index (χ4n) is 4.90. The Morgan fingerprint density at radius 3 is 2.31 bits per heavy atom. The van der Waals surface area contributed by atoms with Gasteiger partial charge < -0.3 is 39.1 Å². The molecule has 15 nitrogen and oxygen atoms in total. The number of amides is 3. The number of rotatable bonds is 19. The number of allylic oxidation sites excluding steroid dienone is 11. The van der Waals surface area contributed by atoms with Crippen molar-refractivity contribution in [1.82, 2.24) is 20.3 Å². The molecule has 1 saturated heterocycles. The molecule has 4 N–H and O–H groups in total. The van der Waals surface area contributed by atoms with Crippen molar-refractivity contribution in [2.75, 3.05) is 34.1 Å². The molecule has 1 fully saturated rings. The van der Waals surface area contributed by atoms with E-state index in [4.69, 9.17) is 18.6 Å². The molecule has 0 radical (unpaired) electrons. The third-order valence-electron chi connectivity index (χ3n) is 8.09. The minimum absolute atomic E-state index is 0.0739. The predicted molar refractivity (Wildman–Crippen MR) is 190 cm³/mol. The Morgan fingerprint density at radius 1 is 1.08 bits per heavy atom. The number of carbonyl (C=O) groups excluding carboxylic acids is 3. The Kier molecular flexibility index (Phi) is 17.3. The minimum atomic E-state index is -2.29. The first kappa shape index (κ1) is 43.2. The summed E-state index contributed by atoms with van der Waals surface area (Å²) in [5.74, 6) is -2.31. The molecule has 1 aliphatic rings. The van der Waals surface area contributed by atoms with Crippen molar-refractivity contribution in [2.45, 2.75) is 65.0 Å². The van der Waals surface area contributed by atoms with E-state index < -0.39 is 60.6 Å². The molecule has 0 aliphatic carbocycles. The van der Waals surface area contributed by atoms with Crippen LogP contribution in [0.2, 0.25) is 0 Å². The maximum absolute atomic E-state index is 13.3. The molecule has 52 heavy (non-hydrogen) atoms. The molecule has 4 atom stereocenters. The van der Waals surface area contributed by atoms with Crippen LogP contribution in [0.5, 0.6) is 0 Å². The van der Waals surface area contributed by atoms with Gasteiger partial charge in [0, 0.05) is 40.1 Å². The van der Waals surface area contributed by atoms with Crippen molar-refractivity contribution in [3.63, 3.8) is 0 Å². The summed E-state index contributed by atoms with van der Waals surface area (Å²) in [6.45, 7) is 7.62. The third kappa shape index (κ3) is 12.1. The summed E-state index contributed by atoms with van der Waals surface area (Å²) in [4.78, 5) is 55.5. The Hall–Kier alpha value is -4.93. The second-order valence-electron chi connectivity index (χ2n) is 12.3. The summed E-state index contributed by atoms with van der Waals surface area (Å²) < 4.78 is 20.9. The molecule has 0 bridgehead atoms. The Balaban J connectivity index is 1.84. The van der Waals surface area contributed by atoms with Crippen molar-refractivity contribution in [2.24, 2.45) is 5.41 Å². The van der Waals surface area contributed by atoms with Gasteiger partial charge in [-0.25, -0.2) is 9.78 Å². The van der Waals surface area contributed by atoms with Crippen LogP contribution in [-0.2, 0) is 39.8 Å². The van der Waals surface area contributed by atoms with Crippen LogP contribution in [0.1, 0.15) is 39.3 Å². The Morgan fingerprint density at radius 2 is 1.71 bits per heavy atom. The molecule has 1 aromatic heterocycles. The molecule has 1 aromatic rings. The Labute approximate surface area is 303 Å². The first-order valence-electron chi connectivity index (χ1n) is 16.4. The second kappa shape index (κ2) is 20.8. The van der Waals surface area contributed by atoms with E-state index in [0.717, 1.165) is 16.7 Å². The van der Waals surface area contributed by atoms with Crippen molar-refractivity contribution in [1.29, 1.82) is 0 Å². The number of hydrogen-bond donors (Lipinski definition) is 4. The number of nitrogens with one attached hydrogen (secondary N) is 1. The molecule has 0 saturated carbocycles. The number of aromatic nitrogens is 1. The summed E-state index contributed by atoms with van der Waals surface area (Å²) in [6.07, 6.45) is 21.7. The average molecular weight is 727 g/mol. The number of aliphatic hydroxyl groups is 1. The number of aryl methyl sites for hydroxylation is 1. The van der Waals surface area contributed by atoms with Crippen LogP contribution in [0.15, 0.2) is 95.2 Å². The van der Waals surface area contributed by atoms with Gasteiger partial charge in [-0.05, 0) is 33.3 Å². The highest BCUT2D eigenvalue weighted by molar-refractivity contribution is 5.95. The van der Waals surface area contributed by atoms with Crippen LogP contribution in [0.25, 0.3) is 0 Å². The van der Waals surface area contributed by atoms with Gasteiger partial charge in [0.1, 0.15) is 12.4 Å². The fourth-order valence-corrected chi connectivity index (χ4v) is 4.90. The zero-order chi connectivity index (χ0) is 38.9. The standard InChI is InChI=1S/C37H50N4O11/c1-26(19-15-12-13-16-20-29-23-39-28(3)52-29)32(43)36(4,5)34(46)38-22-18-14-10-8-9-11-17-21-30(42)41(48)37(24-50-25-51-37)35(47)40(6)31(33(44)45)27(2)49-7/h8-19,21,23,27,31-32,43,48H,20,22,24-25H2,1-7H3,(H,38,46)(H,44,45). The topological polar surface area (TPSA) is 201 Å². The molecule has 2 heterocycles. The van der Waals surface area contributed by atoms with Gasteiger partial charge in [0.15, 0.2) is 18.7 Å². The first-order chi connectivity index (χ1) is 24.6. The van der Waals surface area contributed by atoms with Crippen molar-refractivity contribution >= 4 is 23.7 Å². The number of carbonyl (C=O) groups is 4. The number of hydrogen-bond acceptors (Lipinski definition) is 11. The van der Waals surface area contributed by atoms with Gasteiger partial charge in [0.2, 0.25) is 5.91 Å². The fraction of sp³-hybridized carbons (Fsp3) is 0.432. The van der Waals surface area contributed by atoms with Crippen LogP contribution in [0, 0.1) is 12.3 Å². The van der Waals surface area contributed by atoms with E-state index in [2.05, 4.69) is 10.3 Å². The molecular formula is C37H50N4O11. The predicted octanol–water partition coefficient (Wildman–Crippen LogP) is 3.18. The van der Waals surface area contributed by atoms with Gasteiger partial charge in [0.05, 0.1) is 23.8 Å². The van der Waals surface area contributed by atoms with E-state index in [1.54, 1.807) is 76.4 Å². The lowest BCUT2D eigenvalue weighted by Gasteiger charge is -2.37. The van der Waals surface area contributed by atoms with E-state index in [1.807, 2.05) is 18.2 Å². The van der Waals surface area contributed by atoms with Gasteiger partial charge in [-0.3, -0.25) is 19.6 Å². The minimum Gasteiger partial charge on any atom is -0.480 e. The number of likely N-dealkylation sites (N-methyl/N-ethyl adjacent to an activating group) is 1. The summed E-state index contributed by atoms with van der Waals surface area (Å²) in [6, 6.07) is -1.43. The lowest BCUT2D eigenvalue weighted by Crippen LogP contribution is -2.64. The second-order valence-corrected chi connectivity index (χ2v) is 12.3. The largest absolute Gasteiger partial charge is 0.480 e.